The minimum atomic E-state index is -0.769. The summed E-state index contributed by atoms with van der Waals surface area (Å²) in [5.74, 6) is 0.694. The average molecular weight is 542 g/mol. The van der Waals surface area contributed by atoms with E-state index in [9.17, 15) is 14.7 Å². The van der Waals surface area contributed by atoms with Crippen molar-refractivity contribution in [2.75, 3.05) is 0 Å². The Morgan fingerprint density at radius 1 is 1.05 bits per heavy atom. The van der Waals surface area contributed by atoms with Gasteiger partial charge in [0.05, 0.1) is 11.6 Å². The highest BCUT2D eigenvalue weighted by atomic mass is 16.5. The number of carboxylic acids is 1. The fourth-order valence-electron chi connectivity index (χ4n) is 8.40. The SMILES string of the molecule is CCCC(C)(C)CC[C@@](C)(CCC(C)(C)[C@]1(C)CC[C@H]2C(C)(C)c3oncc3C[C@]2(C)/C1=C/C(C)=O)C(=O)O. The van der Waals surface area contributed by atoms with Crippen molar-refractivity contribution in [2.24, 2.45) is 33.0 Å². The van der Waals surface area contributed by atoms with Crippen LogP contribution in [0.25, 0.3) is 0 Å². The van der Waals surface area contributed by atoms with Gasteiger partial charge in [-0.1, -0.05) is 79.5 Å². The van der Waals surface area contributed by atoms with Crippen molar-refractivity contribution in [3.8, 4) is 0 Å². The third kappa shape index (κ3) is 5.66. The van der Waals surface area contributed by atoms with Crippen molar-refractivity contribution in [3.05, 3.63) is 29.2 Å². The summed E-state index contributed by atoms with van der Waals surface area (Å²) in [7, 11) is 0. The lowest BCUT2D eigenvalue weighted by molar-refractivity contribution is -0.150. The summed E-state index contributed by atoms with van der Waals surface area (Å²) in [5, 5.41) is 14.5. The van der Waals surface area contributed by atoms with Crippen molar-refractivity contribution >= 4 is 11.8 Å². The predicted octanol–water partition coefficient (Wildman–Crippen LogP) is 8.95. The van der Waals surface area contributed by atoms with Crippen LogP contribution < -0.4 is 0 Å². The number of hydrogen-bond donors (Lipinski definition) is 1. The molecule has 0 aromatic carbocycles. The van der Waals surface area contributed by atoms with E-state index >= 15 is 0 Å². The van der Waals surface area contributed by atoms with E-state index in [0.29, 0.717) is 18.8 Å². The second-order valence-corrected chi connectivity index (χ2v) is 15.8. The van der Waals surface area contributed by atoms with Crippen molar-refractivity contribution in [1.29, 1.82) is 0 Å². The normalized spacial score (nSPS) is 29.4. The van der Waals surface area contributed by atoms with Gasteiger partial charge in [0, 0.05) is 11.0 Å². The van der Waals surface area contributed by atoms with Crippen LogP contribution in [0.3, 0.4) is 0 Å². The molecular formula is C34H55NO4. The maximum Gasteiger partial charge on any atom is 0.309 e. The number of carbonyl (C=O) groups excluding carboxylic acids is 1. The Bertz CT molecular complexity index is 1110. The van der Waals surface area contributed by atoms with E-state index in [1.54, 1.807) is 6.92 Å². The molecule has 220 valence electrons. The molecule has 1 saturated carbocycles. The molecule has 2 aliphatic carbocycles. The van der Waals surface area contributed by atoms with Gasteiger partial charge in [0.25, 0.3) is 0 Å². The van der Waals surface area contributed by atoms with Crippen LogP contribution in [-0.4, -0.2) is 22.0 Å². The molecule has 0 unspecified atom stereocenters. The van der Waals surface area contributed by atoms with Gasteiger partial charge < -0.3 is 9.63 Å². The molecule has 3 rings (SSSR count). The highest BCUT2D eigenvalue weighted by Gasteiger charge is 2.61. The molecule has 1 fully saturated rings. The minimum Gasteiger partial charge on any atom is -0.481 e. The summed E-state index contributed by atoms with van der Waals surface area (Å²) < 4.78 is 5.77. The molecule has 0 bridgehead atoms. The monoisotopic (exact) mass is 541 g/mol. The number of rotatable bonds is 11. The molecule has 0 saturated heterocycles. The zero-order valence-corrected chi connectivity index (χ0v) is 26.7. The Labute approximate surface area is 237 Å². The van der Waals surface area contributed by atoms with Crippen LogP contribution in [0.1, 0.15) is 139 Å². The third-order valence-corrected chi connectivity index (χ3v) is 11.5. The van der Waals surface area contributed by atoms with E-state index < -0.39 is 11.4 Å². The molecular weight excluding hydrogens is 486 g/mol. The zero-order valence-electron chi connectivity index (χ0n) is 26.7. The molecule has 4 atom stereocenters. The maximum atomic E-state index is 12.8. The number of ketones is 1. The van der Waals surface area contributed by atoms with Gasteiger partial charge in [0.15, 0.2) is 5.78 Å². The van der Waals surface area contributed by atoms with E-state index in [-0.39, 0.29) is 32.9 Å². The van der Waals surface area contributed by atoms with Crippen molar-refractivity contribution < 1.29 is 19.2 Å². The topological polar surface area (TPSA) is 80.4 Å². The molecule has 5 nitrogen and oxygen atoms in total. The highest BCUT2D eigenvalue weighted by Crippen LogP contribution is 2.67. The van der Waals surface area contributed by atoms with Crippen LogP contribution in [0.2, 0.25) is 0 Å². The minimum absolute atomic E-state index is 0.0800. The molecule has 39 heavy (non-hydrogen) atoms. The van der Waals surface area contributed by atoms with Crippen molar-refractivity contribution in [1.82, 2.24) is 5.16 Å². The number of fused-ring (bicyclic) bond motifs is 2. The summed E-state index contributed by atoms with van der Waals surface area (Å²) >= 11 is 0. The molecule has 1 heterocycles. The quantitative estimate of drug-likeness (QED) is 0.283. The molecule has 5 heteroatoms. The zero-order chi connectivity index (χ0) is 29.7. The Kier molecular flexibility index (Phi) is 8.50. The van der Waals surface area contributed by atoms with Crippen LogP contribution in [0.15, 0.2) is 22.4 Å². The first-order valence-corrected chi connectivity index (χ1v) is 15.2. The Hall–Kier alpha value is -1.91. The molecule has 1 N–H and O–H groups in total. The summed E-state index contributed by atoms with van der Waals surface area (Å²) in [4.78, 5) is 25.4. The Balaban J connectivity index is 1.96. The van der Waals surface area contributed by atoms with Crippen LogP contribution in [0.4, 0.5) is 0 Å². The van der Waals surface area contributed by atoms with Gasteiger partial charge in [-0.3, -0.25) is 9.59 Å². The van der Waals surface area contributed by atoms with Gasteiger partial charge in [-0.25, -0.2) is 0 Å². The lowest BCUT2D eigenvalue weighted by Gasteiger charge is -2.62. The summed E-state index contributed by atoms with van der Waals surface area (Å²) in [6.07, 6.45) is 11.8. The number of aliphatic carboxylic acids is 1. The molecule has 0 amide bonds. The second kappa shape index (κ2) is 10.5. The van der Waals surface area contributed by atoms with E-state index in [1.165, 1.54) is 5.57 Å². The van der Waals surface area contributed by atoms with Crippen molar-refractivity contribution in [2.45, 2.75) is 139 Å². The van der Waals surface area contributed by atoms with Crippen LogP contribution in [0.5, 0.6) is 0 Å². The molecule has 0 aliphatic heterocycles. The van der Waals surface area contributed by atoms with Gasteiger partial charge in [-0.2, -0.15) is 0 Å². The molecule has 0 spiro atoms. The lowest BCUT2D eigenvalue weighted by Crippen LogP contribution is -2.56. The van der Waals surface area contributed by atoms with E-state index in [2.05, 4.69) is 67.5 Å². The average Bonchev–Trinajstić information content (AvgIpc) is 3.27. The molecule has 1 aromatic rings. The van der Waals surface area contributed by atoms with Gasteiger partial charge in [-0.15, -0.1) is 0 Å². The van der Waals surface area contributed by atoms with Crippen molar-refractivity contribution in [3.63, 3.8) is 0 Å². The van der Waals surface area contributed by atoms with Crippen LogP contribution >= 0.6 is 0 Å². The first-order valence-electron chi connectivity index (χ1n) is 15.2. The summed E-state index contributed by atoms with van der Waals surface area (Å²) in [6.45, 7) is 24.1. The highest BCUT2D eigenvalue weighted by molar-refractivity contribution is 5.88. The molecule has 1 aromatic heterocycles. The van der Waals surface area contributed by atoms with Gasteiger partial charge in [0.1, 0.15) is 5.76 Å². The molecule has 0 radical (unpaired) electrons. The number of nitrogens with zero attached hydrogens (tertiary/aromatic N) is 1. The lowest BCUT2D eigenvalue weighted by atomic mass is 9.41. The summed E-state index contributed by atoms with van der Waals surface area (Å²) in [5.41, 5.74) is 0.909. The number of carbonyl (C=O) groups is 2. The smallest absolute Gasteiger partial charge is 0.309 e. The van der Waals surface area contributed by atoms with Gasteiger partial charge >= 0.3 is 5.97 Å². The summed E-state index contributed by atoms with van der Waals surface area (Å²) in [6, 6.07) is 0. The third-order valence-electron chi connectivity index (χ3n) is 11.5. The fraction of sp³-hybridized carbons (Fsp3) is 0.794. The number of carboxylic acid groups (broad SMARTS) is 1. The largest absolute Gasteiger partial charge is 0.481 e. The predicted molar refractivity (Wildman–Crippen MR) is 158 cm³/mol. The standard InChI is InChI=1S/C34H55NO4/c1-12-14-29(3,4)16-18-32(9,28(37)38)19-17-30(5,6)34(11)15-13-25-31(7,8)27-24(22-35-39-27)21-33(25,10)26(34)20-23(2)36/h20,22,25H,12-19,21H2,1-11H3,(H,37,38)/b26-20-/t25-,32-,33-,34+/m0/s1. The van der Waals surface area contributed by atoms with E-state index in [0.717, 1.165) is 56.3 Å². The Morgan fingerprint density at radius 2 is 1.67 bits per heavy atom. The first-order chi connectivity index (χ1) is 17.8. The first kappa shape index (κ1) is 31.6. The number of hydrogen-bond acceptors (Lipinski definition) is 4. The number of aromatic nitrogens is 1. The van der Waals surface area contributed by atoms with Crippen LogP contribution in [0, 0.1) is 33.0 Å². The second-order valence-electron chi connectivity index (χ2n) is 15.8. The number of allylic oxidation sites excluding steroid dienone is 2. The Morgan fingerprint density at radius 3 is 2.23 bits per heavy atom. The molecule has 2 aliphatic rings. The van der Waals surface area contributed by atoms with E-state index in [1.807, 2.05) is 19.2 Å². The van der Waals surface area contributed by atoms with Gasteiger partial charge in [-0.05, 0) is 98.9 Å². The van der Waals surface area contributed by atoms with Gasteiger partial charge in [0.2, 0.25) is 0 Å². The van der Waals surface area contributed by atoms with Crippen LogP contribution in [-0.2, 0) is 21.4 Å². The maximum absolute atomic E-state index is 12.8. The van der Waals surface area contributed by atoms with E-state index in [4.69, 9.17) is 4.52 Å². The fourth-order valence-corrected chi connectivity index (χ4v) is 8.40.